The number of aliphatic hydroxyl groups excluding tert-OH is 1. The summed E-state index contributed by atoms with van der Waals surface area (Å²) in [5.74, 6) is -4.38. The Labute approximate surface area is 225 Å². The van der Waals surface area contributed by atoms with Crippen LogP contribution in [0.2, 0.25) is 0 Å². The smallest absolute Gasteiger partial charge is 0.312 e. The molecule has 5 N–H and O–H groups in total. The number of aromatic hydroxyl groups is 1. The van der Waals surface area contributed by atoms with Gasteiger partial charge in [0.25, 0.3) is 11.8 Å². The number of aromatic nitrogens is 1. The Kier molecular flexibility index (Phi) is 8.77. The van der Waals surface area contributed by atoms with Gasteiger partial charge in [-0.3, -0.25) is 24.2 Å². The highest BCUT2D eigenvalue weighted by Crippen LogP contribution is 2.22. The molecule has 2 aliphatic rings. The second kappa shape index (κ2) is 12.2. The molecule has 2 saturated heterocycles. The van der Waals surface area contributed by atoms with E-state index in [9.17, 15) is 29.4 Å². The van der Waals surface area contributed by atoms with Gasteiger partial charge in [0.2, 0.25) is 12.0 Å². The molecule has 0 bridgehead atoms. The van der Waals surface area contributed by atoms with Crippen molar-refractivity contribution in [2.75, 3.05) is 6.61 Å². The largest absolute Gasteiger partial charge is 0.507 e. The molecule has 39 heavy (non-hydrogen) atoms. The van der Waals surface area contributed by atoms with E-state index in [1.807, 2.05) is 0 Å². The minimum Gasteiger partial charge on any atom is -0.507 e. The zero-order valence-corrected chi connectivity index (χ0v) is 21.6. The fourth-order valence-corrected chi connectivity index (χ4v) is 4.51. The van der Waals surface area contributed by atoms with E-state index in [1.165, 1.54) is 26.0 Å². The quantitative estimate of drug-likeness (QED) is 0.322. The topological polar surface area (TPSA) is 176 Å². The van der Waals surface area contributed by atoms with Crippen molar-refractivity contribution in [3.8, 4) is 5.75 Å². The summed E-state index contributed by atoms with van der Waals surface area (Å²) in [5, 5.41) is 29.3. The Balaban J connectivity index is 1.67. The van der Waals surface area contributed by atoms with Crippen molar-refractivity contribution >= 4 is 23.7 Å². The van der Waals surface area contributed by atoms with Crippen LogP contribution in [0.1, 0.15) is 36.2 Å². The number of carbonyl (C=O) groups excluding carboxylic acids is 4. The van der Waals surface area contributed by atoms with E-state index in [1.54, 1.807) is 36.7 Å². The zero-order valence-electron chi connectivity index (χ0n) is 21.6. The Morgan fingerprint density at radius 3 is 2.49 bits per heavy atom. The molecule has 0 saturated carbocycles. The maximum Gasteiger partial charge on any atom is 0.312 e. The monoisotopic (exact) mass is 540 g/mol. The maximum atomic E-state index is 13.6. The van der Waals surface area contributed by atoms with E-state index in [4.69, 9.17) is 9.47 Å². The van der Waals surface area contributed by atoms with E-state index >= 15 is 0 Å². The molecular formula is C27H32N4O8. The van der Waals surface area contributed by atoms with Crippen molar-refractivity contribution in [3.63, 3.8) is 0 Å². The fraction of sp³-hybridized carbons (Fsp3) is 0.444. The molecule has 12 heteroatoms. The molecule has 208 valence electrons. The van der Waals surface area contributed by atoms with Gasteiger partial charge in [-0.2, -0.15) is 0 Å². The number of para-hydroxylation sites is 1. The molecule has 0 aliphatic carbocycles. The van der Waals surface area contributed by atoms with Crippen LogP contribution in [0.25, 0.3) is 0 Å². The number of nitrogens with zero attached hydrogens (tertiary/aromatic N) is 1. The number of carbonyl (C=O) groups is 4. The number of pyridine rings is 1. The molecule has 3 heterocycles. The van der Waals surface area contributed by atoms with Gasteiger partial charge < -0.3 is 35.6 Å². The number of cyclic esters (lactones) is 1. The molecule has 2 fully saturated rings. The number of hydrogen-bond acceptors (Lipinski definition) is 9. The van der Waals surface area contributed by atoms with Crippen molar-refractivity contribution in [2.45, 2.75) is 63.1 Å². The number of phenolic OH excluding ortho intramolecular Hbond substituents is 1. The van der Waals surface area contributed by atoms with Crippen molar-refractivity contribution in [2.24, 2.45) is 5.92 Å². The average Bonchev–Trinajstić information content (AvgIpc) is 2.89. The number of rotatable bonds is 5. The lowest BCUT2D eigenvalue weighted by molar-refractivity contribution is -0.184. The molecule has 7 unspecified atom stereocenters. The van der Waals surface area contributed by atoms with E-state index in [-0.39, 0.29) is 17.7 Å². The lowest BCUT2D eigenvalue weighted by atomic mass is 9.92. The number of esters is 1. The van der Waals surface area contributed by atoms with Crippen LogP contribution in [0.3, 0.4) is 0 Å². The van der Waals surface area contributed by atoms with Crippen LogP contribution < -0.4 is 16.0 Å². The van der Waals surface area contributed by atoms with E-state index < -0.39 is 66.0 Å². The predicted octanol–water partition coefficient (Wildman–Crippen LogP) is -0.171. The van der Waals surface area contributed by atoms with Crippen LogP contribution in [-0.4, -0.2) is 81.9 Å². The summed E-state index contributed by atoms with van der Waals surface area (Å²) in [6.07, 6.45) is 0.360. The lowest BCUT2D eigenvalue weighted by Gasteiger charge is -2.37. The lowest BCUT2D eigenvalue weighted by Crippen LogP contribution is -2.63. The fourth-order valence-electron chi connectivity index (χ4n) is 4.51. The second-order valence-electron chi connectivity index (χ2n) is 9.78. The first-order valence-electron chi connectivity index (χ1n) is 12.7. The molecule has 1 aromatic carbocycles. The van der Waals surface area contributed by atoms with Crippen molar-refractivity contribution in [3.05, 3.63) is 59.9 Å². The third-order valence-electron chi connectivity index (χ3n) is 6.96. The van der Waals surface area contributed by atoms with Crippen molar-refractivity contribution in [1.29, 1.82) is 0 Å². The summed E-state index contributed by atoms with van der Waals surface area (Å²) < 4.78 is 10.9. The molecule has 3 amide bonds. The third-order valence-corrected chi connectivity index (χ3v) is 6.96. The normalized spacial score (nSPS) is 29.9. The van der Waals surface area contributed by atoms with Crippen LogP contribution >= 0.6 is 0 Å². The molecule has 0 radical (unpaired) electrons. The standard InChI is InChI=1S/C27H32N4O8/c1-14-22(33)18(12-16-6-5-10-28-13-16)30-25(35)21(31-24(34)17-7-3-4-8-19(17)32)15(2)29-26(36)23(39-27(14)37)20-9-11-38-20/h3-8,10,13-15,18,20-23,32-33H,9,11-12H2,1-2H3,(H,29,36)(H,30,35)(H,31,34). The summed E-state index contributed by atoms with van der Waals surface area (Å²) >= 11 is 0. The summed E-state index contributed by atoms with van der Waals surface area (Å²) in [7, 11) is 0. The van der Waals surface area contributed by atoms with Gasteiger partial charge in [-0.15, -0.1) is 0 Å². The van der Waals surface area contributed by atoms with Gasteiger partial charge in [0.15, 0.2) is 0 Å². The van der Waals surface area contributed by atoms with Crippen LogP contribution in [-0.2, 0) is 30.3 Å². The van der Waals surface area contributed by atoms with Crippen molar-refractivity contribution in [1.82, 2.24) is 20.9 Å². The number of nitrogens with one attached hydrogen (secondary N) is 3. The molecule has 0 spiro atoms. The maximum absolute atomic E-state index is 13.6. The van der Waals surface area contributed by atoms with Gasteiger partial charge in [0.1, 0.15) is 17.9 Å². The highest BCUT2D eigenvalue weighted by Gasteiger charge is 2.43. The molecule has 12 nitrogen and oxygen atoms in total. The molecule has 7 atom stereocenters. The van der Waals surface area contributed by atoms with Crippen LogP contribution in [0.15, 0.2) is 48.8 Å². The minimum atomic E-state index is -1.41. The predicted molar refractivity (Wildman–Crippen MR) is 136 cm³/mol. The molecule has 1 aromatic heterocycles. The first-order chi connectivity index (χ1) is 18.7. The van der Waals surface area contributed by atoms with Gasteiger partial charge in [-0.05, 0) is 44.0 Å². The first kappa shape index (κ1) is 28.0. The van der Waals surface area contributed by atoms with Crippen LogP contribution in [0, 0.1) is 5.92 Å². The van der Waals surface area contributed by atoms with Gasteiger partial charge in [0, 0.05) is 25.4 Å². The Hall–Kier alpha value is -4.03. The van der Waals surface area contributed by atoms with Crippen LogP contribution in [0.4, 0.5) is 0 Å². The van der Waals surface area contributed by atoms with Gasteiger partial charge in [-0.1, -0.05) is 18.2 Å². The number of benzene rings is 1. The van der Waals surface area contributed by atoms with Crippen molar-refractivity contribution < 1.29 is 38.9 Å². The summed E-state index contributed by atoms with van der Waals surface area (Å²) in [4.78, 5) is 56.8. The van der Waals surface area contributed by atoms with Gasteiger partial charge in [-0.25, -0.2) is 0 Å². The second-order valence-corrected chi connectivity index (χ2v) is 9.78. The Morgan fingerprint density at radius 1 is 1.10 bits per heavy atom. The minimum absolute atomic E-state index is 0.0646. The van der Waals surface area contributed by atoms with Gasteiger partial charge >= 0.3 is 5.97 Å². The number of ether oxygens (including phenoxy) is 2. The Morgan fingerprint density at radius 2 is 1.85 bits per heavy atom. The van der Waals surface area contributed by atoms with Gasteiger partial charge in [0.05, 0.1) is 29.7 Å². The van der Waals surface area contributed by atoms with E-state index in [0.717, 1.165) is 0 Å². The number of phenols is 1. The third kappa shape index (κ3) is 6.52. The SMILES string of the molecule is CC1NC(=O)C(C2CCO2)OC(=O)C(C)C(O)C(Cc2cccnc2)NC(=O)C1NC(=O)c1ccccc1O. The Bertz CT molecular complexity index is 1210. The highest BCUT2D eigenvalue weighted by molar-refractivity contribution is 6.00. The number of amides is 3. The molecule has 4 rings (SSSR count). The highest BCUT2D eigenvalue weighted by atomic mass is 16.6. The van der Waals surface area contributed by atoms with E-state index in [2.05, 4.69) is 20.9 Å². The zero-order chi connectivity index (χ0) is 28.1. The summed E-state index contributed by atoms with van der Waals surface area (Å²) in [6, 6.07) is 6.01. The first-order valence-corrected chi connectivity index (χ1v) is 12.7. The molecule has 2 aromatic rings. The summed E-state index contributed by atoms with van der Waals surface area (Å²) in [6.45, 7) is 3.35. The number of hydrogen-bond donors (Lipinski definition) is 5. The average molecular weight is 541 g/mol. The number of aliphatic hydroxyl groups is 1. The summed E-state index contributed by atoms with van der Waals surface area (Å²) in [5.41, 5.74) is 0.622. The molecule has 2 aliphatic heterocycles. The van der Waals surface area contributed by atoms with E-state index in [0.29, 0.717) is 18.6 Å². The molecular weight excluding hydrogens is 508 g/mol. The van der Waals surface area contributed by atoms with Crippen LogP contribution in [0.5, 0.6) is 5.75 Å².